The molecule has 2 N–H and O–H groups in total. The van der Waals surface area contributed by atoms with E-state index in [1.807, 2.05) is 18.7 Å². The fourth-order valence-corrected chi connectivity index (χ4v) is 4.06. The van der Waals surface area contributed by atoms with Gasteiger partial charge in [-0.05, 0) is 45.3 Å². The first-order chi connectivity index (χ1) is 12.9. The molecule has 0 amide bonds. The first-order valence-electron chi connectivity index (χ1n) is 8.93. The summed E-state index contributed by atoms with van der Waals surface area (Å²) >= 11 is 0. The van der Waals surface area contributed by atoms with Gasteiger partial charge in [0.05, 0.1) is 15.9 Å². The molecule has 0 unspecified atom stereocenters. The lowest BCUT2D eigenvalue weighted by molar-refractivity contribution is -0.393. The van der Waals surface area contributed by atoms with Crippen LogP contribution in [0.3, 0.4) is 0 Å². The summed E-state index contributed by atoms with van der Waals surface area (Å²) in [6.45, 7) is 6.52. The van der Waals surface area contributed by atoms with Crippen molar-refractivity contribution < 1.29 is 18.7 Å². The molecule has 1 aromatic carbocycles. The number of benzene rings is 1. The topological polar surface area (TPSA) is 134 Å². The van der Waals surface area contributed by atoms with Crippen LogP contribution in [-0.4, -0.2) is 52.0 Å². The van der Waals surface area contributed by atoms with Crippen molar-refractivity contribution in [2.45, 2.75) is 32.7 Å². The largest absolute Gasteiger partial charge is 0.394 e. The fourth-order valence-electron chi connectivity index (χ4n) is 2.60. The van der Waals surface area contributed by atoms with Crippen molar-refractivity contribution in [2.24, 2.45) is 5.73 Å². The Balaban J connectivity index is 2.95. The Morgan fingerprint density at radius 1 is 1.07 bits per heavy atom. The molecule has 27 heavy (non-hydrogen) atoms. The number of nitro groups is 2. The molecule has 1 rings (SSSR count). The van der Waals surface area contributed by atoms with Gasteiger partial charge in [-0.1, -0.05) is 0 Å². The van der Waals surface area contributed by atoms with Gasteiger partial charge in [0.15, 0.2) is 0 Å². The van der Waals surface area contributed by atoms with Gasteiger partial charge in [-0.2, -0.15) is 0 Å². The average molecular weight is 400 g/mol. The van der Waals surface area contributed by atoms with Gasteiger partial charge >= 0.3 is 9.28 Å². The highest BCUT2D eigenvalue weighted by Crippen LogP contribution is 2.32. The molecule has 0 heterocycles. The zero-order valence-corrected chi connectivity index (χ0v) is 16.8. The second-order valence-electron chi connectivity index (χ2n) is 5.66. The number of non-ortho nitro benzene ring substituents is 1. The molecule has 0 aliphatic rings. The van der Waals surface area contributed by atoms with Crippen molar-refractivity contribution in [1.29, 1.82) is 0 Å². The summed E-state index contributed by atoms with van der Waals surface area (Å²) < 4.78 is 11.2. The average Bonchev–Trinajstić information content (AvgIpc) is 2.64. The van der Waals surface area contributed by atoms with Crippen molar-refractivity contribution in [3.05, 3.63) is 38.4 Å². The molecule has 0 aliphatic heterocycles. The van der Waals surface area contributed by atoms with Gasteiger partial charge in [-0.25, -0.2) is 0 Å². The van der Waals surface area contributed by atoms with Gasteiger partial charge in [0.1, 0.15) is 5.69 Å². The lowest BCUT2D eigenvalue weighted by atomic mass is 10.2. The molecule has 0 fully saturated rings. The minimum atomic E-state index is -1.36. The maximum atomic E-state index is 11.4. The molecule has 0 saturated heterocycles. The Hall–Kier alpha value is -2.08. The second-order valence-corrected chi connectivity index (χ2v) is 7.48. The van der Waals surface area contributed by atoms with E-state index >= 15 is 0 Å². The quantitative estimate of drug-likeness (QED) is 0.286. The van der Waals surface area contributed by atoms with E-state index in [2.05, 4.69) is 0 Å². The third-order valence-electron chi connectivity index (χ3n) is 3.76. The molecule has 10 nitrogen and oxygen atoms in total. The van der Waals surface area contributed by atoms with E-state index in [0.717, 1.165) is 18.5 Å². The summed E-state index contributed by atoms with van der Waals surface area (Å²) in [5.41, 5.74) is 5.37. The number of rotatable bonds is 14. The van der Waals surface area contributed by atoms with Crippen molar-refractivity contribution >= 4 is 26.3 Å². The number of hydrogen-bond acceptors (Lipinski definition) is 8. The number of anilines is 1. The molecule has 0 aliphatic carbocycles. The first kappa shape index (κ1) is 23.0. The van der Waals surface area contributed by atoms with Crippen LogP contribution in [0.2, 0.25) is 6.04 Å². The lowest BCUT2D eigenvalue weighted by Crippen LogP contribution is -2.30. The Morgan fingerprint density at radius 2 is 1.70 bits per heavy atom. The van der Waals surface area contributed by atoms with Crippen molar-refractivity contribution in [2.75, 3.05) is 37.7 Å². The minimum absolute atomic E-state index is 0.277. The van der Waals surface area contributed by atoms with Crippen LogP contribution in [-0.2, 0) is 8.85 Å². The lowest BCUT2D eigenvalue weighted by Gasteiger charge is -2.25. The highest BCUT2D eigenvalue weighted by molar-refractivity contribution is 6.44. The van der Waals surface area contributed by atoms with Gasteiger partial charge in [0.25, 0.3) is 11.4 Å². The third kappa shape index (κ3) is 7.59. The zero-order chi connectivity index (χ0) is 20.2. The highest BCUT2D eigenvalue weighted by Gasteiger charge is 2.24. The third-order valence-corrected chi connectivity index (χ3v) is 5.74. The van der Waals surface area contributed by atoms with Crippen LogP contribution in [0.1, 0.15) is 26.7 Å². The van der Waals surface area contributed by atoms with Crippen LogP contribution in [0.4, 0.5) is 17.1 Å². The van der Waals surface area contributed by atoms with Crippen molar-refractivity contribution in [1.82, 2.24) is 0 Å². The van der Waals surface area contributed by atoms with Crippen LogP contribution in [0.25, 0.3) is 0 Å². The molecule has 0 saturated carbocycles. The number of nitrogens with zero attached hydrogens (tertiary/aromatic N) is 3. The van der Waals surface area contributed by atoms with Crippen LogP contribution in [0, 0.1) is 20.2 Å². The summed E-state index contributed by atoms with van der Waals surface area (Å²) in [5.74, 6) is 0. The highest BCUT2D eigenvalue weighted by atomic mass is 28.3. The van der Waals surface area contributed by atoms with Crippen LogP contribution < -0.4 is 10.6 Å². The molecule has 0 atom stereocenters. The molecule has 0 aromatic heterocycles. The summed E-state index contributed by atoms with van der Waals surface area (Å²) in [7, 11) is -1.36. The Bertz CT molecular complexity index is 613. The maximum Gasteiger partial charge on any atom is 0.384 e. The number of nitro benzene ring substituents is 2. The summed E-state index contributed by atoms with van der Waals surface area (Å²) in [6, 6.07) is 4.46. The SMILES string of the molecule is CCO[Si](CCCN(CCCN)c1ccc([N+](=O)[O-])cc1[N+](=O)[O-])OCC. The second kappa shape index (κ2) is 12.3. The van der Waals surface area contributed by atoms with E-state index in [9.17, 15) is 20.2 Å². The van der Waals surface area contributed by atoms with Crippen LogP contribution in [0.5, 0.6) is 0 Å². The standard InChI is InChI=1S/C16H27N4O6Si/c1-3-25-27(26-4-2)12-6-11-18(10-5-9-17)15-8-7-14(19(21)22)13-16(15)20(23)24/h7-8,13H,3-6,9-12,17H2,1-2H3. The van der Waals surface area contributed by atoms with E-state index < -0.39 is 19.1 Å². The molecule has 0 spiro atoms. The fraction of sp³-hybridized carbons (Fsp3) is 0.625. The van der Waals surface area contributed by atoms with E-state index in [4.69, 9.17) is 14.6 Å². The Kier molecular flexibility index (Phi) is 10.5. The van der Waals surface area contributed by atoms with Gasteiger partial charge < -0.3 is 19.5 Å². The first-order valence-corrected chi connectivity index (χ1v) is 10.5. The number of nitrogens with two attached hydrogens (primary N) is 1. The van der Waals surface area contributed by atoms with E-state index in [1.165, 1.54) is 12.1 Å². The molecular formula is C16H27N4O6Si. The maximum absolute atomic E-state index is 11.4. The predicted molar refractivity (Wildman–Crippen MR) is 104 cm³/mol. The summed E-state index contributed by atoms with van der Waals surface area (Å²) in [6.07, 6.45) is 1.38. The molecular weight excluding hydrogens is 372 g/mol. The van der Waals surface area contributed by atoms with Gasteiger partial charge in [-0.3, -0.25) is 20.2 Å². The van der Waals surface area contributed by atoms with Gasteiger partial charge in [0.2, 0.25) is 0 Å². The Labute approximate surface area is 160 Å². The van der Waals surface area contributed by atoms with E-state index in [0.29, 0.717) is 45.0 Å². The smallest absolute Gasteiger partial charge is 0.384 e. The minimum Gasteiger partial charge on any atom is -0.394 e. The van der Waals surface area contributed by atoms with Gasteiger partial charge in [0, 0.05) is 32.4 Å². The van der Waals surface area contributed by atoms with E-state index in [-0.39, 0.29) is 11.4 Å². The molecule has 0 bridgehead atoms. The summed E-state index contributed by atoms with van der Waals surface area (Å²) in [4.78, 5) is 23.0. The van der Waals surface area contributed by atoms with Gasteiger partial charge in [-0.15, -0.1) is 0 Å². The molecule has 151 valence electrons. The van der Waals surface area contributed by atoms with Crippen LogP contribution >= 0.6 is 0 Å². The zero-order valence-electron chi connectivity index (χ0n) is 15.8. The Morgan fingerprint density at radius 3 is 2.22 bits per heavy atom. The monoisotopic (exact) mass is 399 g/mol. The van der Waals surface area contributed by atoms with Crippen LogP contribution in [0.15, 0.2) is 18.2 Å². The normalized spacial score (nSPS) is 11.0. The predicted octanol–water partition coefficient (Wildman–Crippen LogP) is 2.61. The van der Waals surface area contributed by atoms with E-state index in [1.54, 1.807) is 0 Å². The molecule has 1 radical (unpaired) electrons. The van der Waals surface area contributed by atoms with Crippen molar-refractivity contribution in [3.8, 4) is 0 Å². The summed E-state index contributed by atoms with van der Waals surface area (Å²) in [5, 5.41) is 22.4. The number of hydrogen-bond donors (Lipinski definition) is 1. The molecule has 1 aromatic rings. The molecule has 11 heteroatoms. The van der Waals surface area contributed by atoms with Crippen molar-refractivity contribution in [3.63, 3.8) is 0 Å².